The molecule has 0 saturated carbocycles. The molecule has 112 valence electrons. The van der Waals surface area contributed by atoms with Gasteiger partial charge in [0.1, 0.15) is 0 Å². The first-order chi connectivity index (χ1) is 8.76. The number of hydrogen-bond acceptors (Lipinski definition) is 4. The highest BCUT2D eigenvalue weighted by Crippen LogP contribution is 2.42. The van der Waals surface area contributed by atoms with E-state index in [1.54, 1.807) is 0 Å². The molecule has 0 aromatic heterocycles. The zero-order chi connectivity index (χ0) is 14.3. The van der Waals surface area contributed by atoms with Gasteiger partial charge in [0.25, 0.3) is 0 Å². The van der Waals surface area contributed by atoms with Crippen LogP contribution in [0.25, 0.3) is 0 Å². The van der Waals surface area contributed by atoms with Crippen molar-refractivity contribution in [3.8, 4) is 0 Å². The highest BCUT2D eigenvalue weighted by molar-refractivity contribution is 5.05. The van der Waals surface area contributed by atoms with Gasteiger partial charge in [-0.3, -0.25) is 4.90 Å². The number of rotatable bonds is 3. The maximum atomic E-state index is 6.30. The van der Waals surface area contributed by atoms with Gasteiger partial charge in [-0.15, -0.1) is 0 Å². The van der Waals surface area contributed by atoms with Crippen LogP contribution < -0.4 is 5.32 Å². The third kappa shape index (κ3) is 3.13. The molecule has 4 nitrogen and oxygen atoms in total. The lowest BCUT2D eigenvalue weighted by Gasteiger charge is -2.37. The van der Waals surface area contributed by atoms with Crippen molar-refractivity contribution in [1.29, 1.82) is 0 Å². The summed E-state index contributed by atoms with van der Waals surface area (Å²) in [5.41, 5.74) is -0.195. The summed E-state index contributed by atoms with van der Waals surface area (Å²) in [4.78, 5) is 2.52. The number of ether oxygens (including phenoxy) is 2. The highest BCUT2D eigenvalue weighted by atomic mass is 16.5. The van der Waals surface area contributed by atoms with Crippen LogP contribution in [-0.4, -0.2) is 61.5 Å². The Bertz CT molecular complexity index is 317. The van der Waals surface area contributed by atoms with Gasteiger partial charge in [-0.25, -0.2) is 0 Å². The Morgan fingerprint density at radius 3 is 2.47 bits per heavy atom. The summed E-state index contributed by atoms with van der Waals surface area (Å²) in [6.07, 6.45) is 0.347. The van der Waals surface area contributed by atoms with Crippen molar-refractivity contribution in [2.75, 3.05) is 33.3 Å². The minimum Gasteiger partial charge on any atom is -0.376 e. The van der Waals surface area contributed by atoms with Crippen LogP contribution in [0.3, 0.4) is 0 Å². The summed E-state index contributed by atoms with van der Waals surface area (Å²) < 4.78 is 11.9. The molecule has 2 aliphatic rings. The van der Waals surface area contributed by atoms with E-state index < -0.39 is 0 Å². The van der Waals surface area contributed by atoms with Crippen molar-refractivity contribution in [3.63, 3.8) is 0 Å². The number of hydrogen-bond donors (Lipinski definition) is 1. The minimum atomic E-state index is -0.110. The topological polar surface area (TPSA) is 33.7 Å². The normalized spacial score (nSPS) is 38.5. The molecule has 0 aromatic carbocycles. The summed E-state index contributed by atoms with van der Waals surface area (Å²) in [5, 5.41) is 3.48. The van der Waals surface area contributed by atoms with E-state index in [1.165, 1.54) is 0 Å². The van der Waals surface area contributed by atoms with Gasteiger partial charge in [-0.05, 0) is 41.7 Å². The van der Waals surface area contributed by atoms with Gasteiger partial charge in [0.05, 0.1) is 23.9 Å². The molecule has 0 amide bonds. The lowest BCUT2D eigenvalue weighted by atomic mass is 9.82. The van der Waals surface area contributed by atoms with Crippen LogP contribution in [0.5, 0.6) is 0 Å². The Kier molecular flexibility index (Phi) is 4.26. The molecule has 19 heavy (non-hydrogen) atoms. The Labute approximate surface area is 117 Å². The second-order valence-electron chi connectivity index (χ2n) is 7.12. The Hall–Kier alpha value is -0.160. The molecule has 3 atom stereocenters. The Morgan fingerprint density at radius 2 is 1.89 bits per heavy atom. The first kappa shape index (κ1) is 15.2. The largest absolute Gasteiger partial charge is 0.376 e. The summed E-state index contributed by atoms with van der Waals surface area (Å²) >= 11 is 0. The van der Waals surface area contributed by atoms with Crippen molar-refractivity contribution in [3.05, 3.63) is 0 Å². The van der Waals surface area contributed by atoms with Crippen molar-refractivity contribution < 1.29 is 9.47 Å². The van der Waals surface area contributed by atoms with Gasteiger partial charge < -0.3 is 14.8 Å². The molecule has 0 aromatic rings. The van der Waals surface area contributed by atoms with Crippen molar-refractivity contribution >= 4 is 0 Å². The van der Waals surface area contributed by atoms with Gasteiger partial charge in [0, 0.05) is 31.6 Å². The van der Waals surface area contributed by atoms with E-state index in [0.29, 0.717) is 18.1 Å². The second-order valence-corrected chi connectivity index (χ2v) is 7.12. The van der Waals surface area contributed by atoms with Crippen molar-refractivity contribution in [2.45, 2.75) is 58.0 Å². The van der Waals surface area contributed by atoms with E-state index in [4.69, 9.17) is 9.47 Å². The molecule has 1 N–H and O–H groups in total. The SMILES string of the molecule is CNC1C(CN2CCOC(C)C2)C(C)(C)OC1(C)C. The van der Waals surface area contributed by atoms with Crippen molar-refractivity contribution in [1.82, 2.24) is 10.2 Å². The fraction of sp³-hybridized carbons (Fsp3) is 1.00. The van der Waals surface area contributed by atoms with Crippen LogP contribution in [0.1, 0.15) is 34.6 Å². The van der Waals surface area contributed by atoms with Gasteiger partial charge in [-0.2, -0.15) is 0 Å². The smallest absolute Gasteiger partial charge is 0.0790 e. The van der Waals surface area contributed by atoms with Gasteiger partial charge in [0.15, 0.2) is 0 Å². The van der Waals surface area contributed by atoms with E-state index >= 15 is 0 Å². The van der Waals surface area contributed by atoms with Crippen LogP contribution in [0.2, 0.25) is 0 Å². The summed E-state index contributed by atoms with van der Waals surface area (Å²) in [7, 11) is 2.05. The fourth-order valence-electron chi connectivity index (χ4n) is 3.91. The highest BCUT2D eigenvalue weighted by Gasteiger charge is 2.53. The second kappa shape index (κ2) is 5.32. The van der Waals surface area contributed by atoms with E-state index in [9.17, 15) is 0 Å². The van der Waals surface area contributed by atoms with Gasteiger partial charge in [-0.1, -0.05) is 0 Å². The molecule has 0 spiro atoms. The zero-order valence-corrected chi connectivity index (χ0v) is 13.3. The van der Waals surface area contributed by atoms with Crippen LogP contribution in [0.15, 0.2) is 0 Å². The van der Waals surface area contributed by atoms with Crippen molar-refractivity contribution in [2.24, 2.45) is 5.92 Å². The molecule has 2 rings (SSSR count). The quantitative estimate of drug-likeness (QED) is 0.842. The predicted molar refractivity (Wildman–Crippen MR) is 77.4 cm³/mol. The van der Waals surface area contributed by atoms with E-state index in [1.807, 2.05) is 7.05 Å². The predicted octanol–water partition coefficient (Wildman–Crippen LogP) is 1.50. The molecule has 2 heterocycles. The maximum absolute atomic E-state index is 6.30. The first-order valence-corrected chi connectivity index (χ1v) is 7.47. The number of morpholine rings is 1. The Balaban J connectivity index is 2.08. The minimum absolute atomic E-state index is 0.0846. The molecular weight excluding hydrogens is 240 g/mol. The molecule has 2 fully saturated rings. The van der Waals surface area contributed by atoms with Crippen LogP contribution in [0, 0.1) is 5.92 Å². The fourth-order valence-corrected chi connectivity index (χ4v) is 3.91. The summed E-state index contributed by atoms with van der Waals surface area (Å²) in [6, 6.07) is 0.389. The number of nitrogens with zero attached hydrogens (tertiary/aromatic N) is 1. The molecule has 4 heteroatoms. The van der Waals surface area contributed by atoms with E-state index in [0.717, 1.165) is 26.2 Å². The maximum Gasteiger partial charge on any atom is 0.0790 e. The van der Waals surface area contributed by atoms with Gasteiger partial charge >= 0.3 is 0 Å². The lowest BCUT2D eigenvalue weighted by molar-refractivity contribution is -0.0834. The molecule has 0 radical (unpaired) electrons. The number of nitrogens with one attached hydrogen (secondary N) is 1. The standard InChI is InChI=1S/C15H30N2O2/c1-11-9-17(7-8-18-11)10-12-13(16-6)15(4,5)19-14(12,2)3/h11-13,16H,7-10H2,1-6H3. The summed E-state index contributed by atoms with van der Waals surface area (Å²) in [6.45, 7) is 15.0. The van der Waals surface area contributed by atoms with Gasteiger partial charge in [0.2, 0.25) is 0 Å². The molecule has 2 saturated heterocycles. The average Bonchev–Trinajstić information content (AvgIpc) is 2.43. The summed E-state index contributed by atoms with van der Waals surface area (Å²) in [5.74, 6) is 0.498. The zero-order valence-electron chi connectivity index (χ0n) is 13.3. The third-order valence-corrected chi connectivity index (χ3v) is 4.66. The van der Waals surface area contributed by atoms with E-state index in [2.05, 4.69) is 44.8 Å². The molecule has 0 bridgehead atoms. The van der Waals surface area contributed by atoms with E-state index in [-0.39, 0.29) is 11.2 Å². The number of likely N-dealkylation sites (N-methyl/N-ethyl adjacent to an activating group) is 1. The third-order valence-electron chi connectivity index (χ3n) is 4.66. The first-order valence-electron chi connectivity index (χ1n) is 7.47. The molecular formula is C15H30N2O2. The molecule has 0 aliphatic carbocycles. The molecule has 3 unspecified atom stereocenters. The Morgan fingerprint density at radius 1 is 1.21 bits per heavy atom. The lowest BCUT2D eigenvalue weighted by Crippen LogP contribution is -2.52. The van der Waals surface area contributed by atoms with Crippen LogP contribution in [0.4, 0.5) is 0 Å². The molecule has 2 aliphatic heterocycles. The van der Waals surface area contributed by atoms with Crippen LogP contribution >= 0.6 is 0 Å². The monoisotopic (exact) mass is 270 g/mol. The van der Waals surface area contributed by atoms with Crippen LogP contribution in [-0.2, 0) is 9.47 Å². The average molecular weight is 270 g/mol.